The van der Waals surface area contributed by atoms with Crippen LogP contribution in [0.15, 0.2) is 0 Å². The van der Waals surface area contributed by atoms with Gasteiger partial charge in [-0.3, -0.25) is 0 Å². The van der Waals surface area contributed by atoms with Crippen molar-refractivity contribution in [3.8, 4) is 0 Å². The van der Waals surface area contributed by atoms with E-state index in [2.05, 4.69) is 6.92 Å². The molecule has 0 saturated heterocycles. The van der Waals surface area contributed by atoms with E-state index in [-0.39, 0.29) is 31.0 Å². The Balaban J connectivity index is -0.00000112. The zero-order chi connectivity index (χ0) is 12.1. The summed E-state index contributed by atoms with van der Waals surface area (Å²) in [5.41, 5.74) is 11.0. The average molecular weight is 301 g/mol. The van der Waals surface area contributed by atoms with Gasteiger partial charge in [0, 0.05) is 0 Å². The second-order valence-electron chi connectivity index (χ2n) is 4.99. The second kappa shape index (κ2) is 19.8. The lowest BCUT2D eigenvalue weighted by atomic mass is 10.1. The normalized spacial score (nSPS) is 10.0. The maximum absolute atomic E-state index is 5.49. The van der Waals surface area contributed by atoms with Crippen molar-refractivity contribution in [2.45, 2.75) is 90.1 Å². The first kappa shape index (κ1) is 23.6. The number of hydrogen-bond acceptors (Lipinski definition) is 2. The van der Waals surface area contributed by atoms with Crippen molar-refractivity contribution in [2.24, 2.45) is 11.5 Å². The Morgan fingerprint density at radius 1 is 0.611 bits per heavy atom. The van der Waals surface area contributed by atoms with E-state index in [1.165, 1.54) is 70.6 Å². The van der Waals surface area contributed by atoms with Gasteiger partial charge in [0.2, 0.25) is 0 Å². The smallest absolute Gasteiger partial charge is 0.0520 e. The minimum Gasteiger partial charge on any atom is -0.316 e. The summed E-state index contributed by atoms with van der Waals surface area (Å²) in [6.45, 7) is 2.27. The van der Waals surface area contributed by atoms with Crippen LogP contribution in [0.4, 0.5) is 0 Å². The van der Waals surface area contributed by atoms with E-state index in [0.717, 1.165) is 6.42 Å². The van der Waals surface area contributed by atoms with Crippen LogP contribution in [0.1, 0.15) is 84.0 Å². The molecule has 4 heteroatoms. The molecule has 0 aromatic rings. The topological polar surface area (TPSA) is 52.0 Å². The van der Waals surface area contributed by atoms with Gasteiger partial charge in [-0.1, -0.05) is 77.6 Å². The lowest BCUT2D eigenvalue weighted by molar-refractivity contribution is 0.525. The molecule has 0 aromatic carbocycles. The molecule has 0 rings (SSSR count). The standard InChI is InChI=1S/C14H32N2.2ClH/c1-2-3-4-5-6-7-8-9-10-11-12-13-14(15)16;;/h14H,2-13,15-16H2,1H3;2*1H. The number of nitrogens with two attached hydrogens (primary N) is 2. The molecule has 0 amide bonds. The molecule has 0 heterocycles. The molecule has 0 saturated carbocycles. The van der Waals surface area contributed by atoms with E-state index >= 15 is 0 Å². The van der Waals surface area contributed by atoms with E-state index in [9.17, 15) is 0 Å². The highest BCUT2D eigenvalue weighted by atomic mass is 35.5. The largest absolute Gasteiger partial charge is 0.316 e. The zero-order valence-electron chi connectivity index (χ0n) is 12.0. The zero-order valence-corrected chi connectivity index (χ0v) is 13.7. The Morgan fingerprint density at radius 2 is 0.944 bits per heavy atom. The SMILES string of the molecule is CCCCCCCCCCCCCC(N)N.Cl.Cl. The van der Waals surface area contributed by atoms with Crippen molar-refractivity contribution in [1.29, 1.82) is 0 Å². The minimum absolute atomic E-state index is 0. The molecular weight excluding hydrogens is 267 g/mol. The third kappa shape index (κ3) is 21.8. The van der Waals surface area contributed by atoms with Crippen LogP contribution in [0.2, 0.25) is 0 Å². The first-order valence-corrected chi connectivity index (χ1v) is 7.28. The molecule has 0 aromatic heterocycles. The third-order valence-corrected chi connectivity index (χ3v) is 3.14. The molecule has 0 aliphatic rings. The molecule has 0 aliphatic carbocycles. The van der Waals surface area contributed by atoms with Crippen LogP contribution in [-0.2, 0) is 0 Å². The van der Waals surface area contributed by atoms with E-state index in [0.29, 0.717) is 0 Å². The summed E-state index contributed by atoms with van der Waals surface area (Å²) in [6, 6.07) is 0. The minimum atomic E-state index is -0.0986. The monoisotopic (exact) mass is 300 g/mol. The van der Waals surface area contributed by atoms with Gasteiger partial charge in [-0.25, -0.2) is 0 Å². The fourth-order valence-corrected chi connectivity index (χ4v) is 2.04. The number of unbranched alkanes of at least 4 members (excludes halogenated alkanes) is 10. The van der Waals surface area contributed by atoms with Crippen molar-refractivity contribution < 1.29 is 0 Å². The van der Waals surface area contributed by atoms with Crippen molar-refractivity contribution in [2.75, 3.05) is 0 Å². The summed E-state index contributed by atoms with van der Waals surface area (Å²) in [5, 5.41) is 0. The van der Waals surface area contributed by atoms with Gasteiger partial charge in [0.1, 0.15) is 0 Å². The van der Waals surface area contributed by atoms with Crippen molar-refractivity contribution in [3.05, 3.63) is 0 Å². The van der Waals surface area contributed by atoms with Crippen LogP contribution in [0.5, 0.6) is 0 Å². The molecule has 0 unspecified atom stereocenters. The van der Waals surface area contributed by atoms with Gasteiger partial charge in [0.05, 0.1) is 6.17 Å². The van der Waals surface area contributed by atoms with Crippen LogP contribution in [0.3, 0.4) is 0 Å². The van der Waals surface area contributed by atoms with E-state index in [4.69, 9.17) is 11.5 Å². The molecule has 4 N–H and O–H groups in total. The first-order valence-electron chi connectivity index (χ1n) is 7.28. The summed E-state index contributed by atoms with van der Waals surface area (Å²) >= 11 is 0. The quantitative estimate of drug-likeness (QED) is 0.403. The van der Waals surface area contributed by atoms with Gasteiger partial charge < -0.3 is 11.5 Å². The molecular formula is C14H34Cl2N2. The number of rotatable bonds is 12. The Labute approximate surface area is 126 Å². The van der Waals surface area contributed by atoms with Crippen LogP contribution in [0.25, 0.3) is 0 Å². The van der Waals surface area contributed by atoms with Gasteiger partial charge in [0.15, 0.2) is 0 Å². The molecule has 0 aliphatic heterocycles. The lowest BCUT2D eigenvalue weighted by Crippen LogP contribution is -2.29. The lowest BCUT2D eigenvalue weighted by Gasteiger charge is -2.04. The molecule has 0 bridgehead atoms. The van der Waals surface area contributed by atoms with Crippen molar-refractivity contribution >= 4 is 24.8 Å². The van der Waals surface area contributed by atoms with Gasteiger partial charge in [-0.2, -0.15) is 0 Å². The Kier molecular flexibility index (Phi) is 26.0. The molecule has 0 radical (unpaired) electrons. The predicted octanol–water partition coefficient (Wildman–Crippen LogP) is 4.77. The predicted molar refractivity (Wildman–Crippen MR) is 87.7 cm³/mol. The van der Waals surface area contributed by atoms with E-state index < -0.39 is 0 Å². The van der Waals surface area contributed by atoms with E-state index in [1.807, 2.05) is 0 Å². The Morgan fingerprint density at radius 3 is 1.28 bits per heavy atom. The van der Waals surface area contributed by atoms with Crippen LogP contribution in [-0.4, -0.2) is 6.17 Å². The van der Waals surface area contributed by atoms with Crippen LogP contribution >= 0.6 is 24.8 Å². The molecule has 0 atom stereocenters. The average Bonchev–Trinajstić information content (AvgIpc) is 2.25. The first-order chi connectivity index (χ1) is 7.77. The van der Waals surface area contributed by atoms with Crippen LogP contribution in [0, 0.1) is 0 Å². The summed E-state index contributed by atoms with van der Waals surface area (Å²) in [5.74, 6) is 0. The van der Waals surface area contributed by atoms with Crippen LogP contribution < -0.4 is 11.5 Å². The fraction of sp³-hybridized carbons (Fsp3) is 1.00. The molecule has 18 heavy (non-hydrogen) atoms. The number of halogens is 2. The molecule has 0 fully saturated rings. The van der Waals surface area contributed by atoms with Gasteiger partial charge >= 0.3 is 0 Å². The Hall–Kier alpha value is 0.500. The maximum Gasteiger partial charge on any atom is 0.0520 e. The van der Waals surface area contributed by atoms with Gasteiger partial charge in [-0.05, 0) is 6.42 Å². The molecule has 0 spiro atoms. The maximum atomic E-state index is 5.49. The highest BCUT2D eigenvalue weighted by Crippen LogP contribution is 2.11. The molecule has 114 valence electrons. The fourth-order valence-electron chi connectivity index (χ4n) is 2.04. The van der Waals surface area contributed by atoms with Crippen molar-refractivity contribution in [3.63, 3.8) is 0 Å². The third-order valence-electron chi connectivity index (χ3n) is 3.14. The number of hydrogen-bond donors (Lipinski definition) is 2. The summed E-state index contributed by atoms with van der Waals surface area (Å²) in [4.78, 5) is 0. The highest BCUT2D eigenvalue weighted by Gasteiger charge is 1.95. The Bertz CT molecular complexity index is 133. The highest BCUT2D eigenvalue weighted by molar-refractivity contribution is 5.85. The molecule has 2 nitrogen and oxygen atoms in total. The van der Waals surface area contributed by atoms with Crippen molar-refractivity contribution in [1.82, 2.24) is 0 Å². The van der Waals surface area contributed by atoms with Gasteiger partial charge in [-0.15, -0.1) is 24.8 Å². The second-order valence-corrected chi connectivity index (χ2v) is 4.99. The van der Waals surface area contributed by atoms with E-state index in [1.54, 1.807) is 0 Å². The summed E-state index contributed by atoms with van der Waals surface area (Å²) in [7, 11) is 0. The summed E-state index contributed by atoms with van der Waals surface area (Å²) < 4.78 is 0. The van der Waals surface area contributed by atoms with Gasteiger partial charge in [0.25, 0.3) is 0 Å². The summed E-state index contributed by atoms with van der Waals surface area (Å²) in [6.07, 6.45) is 16.1.